The van der Waals surface area contributed by atoms with E-state index in [1.54, 1.807) is 11.3 Å². The molecule has 0 aliphatic heterocycles. The number of fused-ring (bicyclic) bond motifs is 1. The Morgan fingerprint density at radius 1 is 1.14 bits per heavy atom. The van der Waals surface area contributed by atoms with Crippen LogP contribution in [-0.4, -0.2) is 22.4 Å². The summed E-state index contributed by atoms with van der Waals surface area (Å²) >= 11 is 3.30. The fraction of sp³-hybridized carbons (Fsp3) is 0.273. The number of nitrogens with one attached hydrogen (secondary N) is 2. The fourth-order valence-corrected chi connectivity index (χ4v) is 5.93. The van der Waals surface area contributed by atoms with Gasteiger partial charge in [0.25, 0.3) is 5.91 Å². The van der Waals surface area contributed by atoms with Gasteiger partial charge in [0.15, 0.2) is 0 Å². The molecule has 0 radical (unpaired) electrons. The van der Waals surface area contributed by atoms with Gasteiger partial charge in [0.1, 0.15) is 10.7 Å². The van der Waals surface area contributed by atoms with E-state index in [1.165, 1.54) is 29.1 Å². The van der Waals surface area contributed by atoms with Crippen LogP contribution >= 0.6 is 22.7 Å². The van der Waals surface area contributed by atoms with Crippen LogP contribution in [0.4, 0.5) is 0 Å². The molecule has 1 aromatic carbocycles. The molecular weight excluding hydrogens is 386 g/mol. The normalized spacial score (nSPS) is 15.9. The molecular formula is C22H21N3OS2. The zero-order valence-corrected chi connectivity index (χ0v) is 17.0. The third-order valence-electron chi connectivity index (χ3n) is 5.69. The molecule has 1 fully saturated rings. The molecule has 1 saturated carbocycles. The number of amides is 1. The highest BCUT2D eigenvalue weighted by molar-refractivity contribution is 7.13. The number of aromatic nitrogens is 2. The Bertz CT molecular complexity index is 1070. The summed E-state index contributed by atoms with van der Waals surface area (Å²) in [4.78, 5) is 22.1. The first kappa shape index (κ1) is 17.6. The van der Waals surface area contributed by atoms with E-state index in [0.29, 0.717) is 12.2 Å². The average Bonchev–Trinajstić information content (AvgIpc) is 3.51. The predicted octanol–water partition coefficient (Wildman–Crippen LogP) is 5.59. The third-order valence-corrected chi connectivity index (χ3v) is 7.68. The van der Waals surface area contributed by atoms with Crippen molar-refractivity contribution >= 4 is 39.5 Å². The summed E-state index contributed by atoms with van der Waals surface area (Å²) in [6, 6.07) is 14.5. The second-order valence-electron chi connectivity index (χ2n) is 7.46. The van der Waals surface area contributed by atoms with E-state index in [4.69, 9.17) is 0 Å². The Morgan fingerprint density at radius 2 is 2.00 bits per heavy atom. The van der Waals surface area contributed by atoms with Crippen LogP contribution in [0.2, 0.25) is 0 Å². The van der Waals surface area contributed by atoms with Crippen LogP contribution in [-0.2, 0) is 5.41 Å². The minimum Gasteiger partial charge on any atom is -0.353 e. The van der Waals surface area contributed by atoms with Crippen LogP contribution in [0, 0.1) is 0 Å². The maximum atomic E-state index is 12.8. The molecule has 0 saturated heterocycles. The van der Waals surface area contributed by atoms with Crippen molar-refractivity contribution in [2.24, 2.45) is 0 Å². The van der Waals surface area contributed by atoms with E-state index in [2.05, 4.69) is 44.9 Å². The topological polar surface area (TPSA) is 57.8 Å². The van der Waals surface area contributed by atoms with E-state index in [9.17, 15) is 4.79 Å². The maximum absolute atomic E-state index is 12.8. The van der Waals surface area contributed by atoms with E-state index < -0.39 is 0 Å². The Morgan fingerprint density at radius 3 is 2.79 bits per heavy atom. The standard InChI is InChI=1S/C22H21N3OS2/c26-20(23-14-22(9-3-4-10-22)19-8-5-11-27-19)18-13-28-21(25-18)17-12-15-6-1-2-7-16(15)24-17/h1-2,5-8,11-13,24H,3-4,9-10,14H2,(H,23,26). The summed E-state index contributed by atoms with van der Waals surface area (Å²) in [7, 11) is 0. The lowest BCUT2D eigenvalue weighted by Crippen LogP contribution is -2.38. The third kappa shape index (κ3) is 3.16. The maximum Gasteiger partial charge on any atom is 0.270 e. The second kappa shape index (κ2) is 7.18. The van der Waals surface area contributed by atoms with Crippen LogP contribution in [0.5, 0.6) is 0 Å². The molecule has 6 heteroatoms. The lowest BCUT2D eigenvalue weighted by molar-refractivity contribution is 0.0939. The van der Waals surface area contributed by atoms with Gasteiger partial charge in [0, 0.05) is 33.1 Å². The molecule has 3 aromatic heterocycles. The summed E-state index contributed by atoms with van der Waals surface area (Å²) in [5.74, 6) is -0.0820. The molecule has 0 atom stereocenters. The number of para-hydroxylation sites is 1. The largest absolute Gasteiger partial charge is 0.353 e. The van der Waals surface area contributed by atoms with E-state index in [-0.39, 0.29) is 11.3 Å². The van der Waals surface area contributed by atoms with Crippen molar-refractivity contribution in [2.75, 3.05) is 6.54 Å². The molecule has 142 valence electrons. The number of nitrogens with zero attached hydrogens (tertiary/aromatic N) is 1. The van der Waals surface area contributed by atoms with Gasteiger partial charge in [-0.05, 0) is 36.4 Å². The first-order chi connectivity index (χ1) is 13.7. The number of benzene rings is 1. The van der Waals surface area contributed by atoms with Crippen molar-refractivity contribution in [3.63, 3.8) is 0 Å². The lowest BCUT2D eigenvalue weighted by atomic mass is 9.84. The molecule has 4 aromatic rings. The van der Waals surface area contributed by atoms with Gasteiger partial charge in [-0.3, -0.25) is 4.79 Å². The van der Waals surface area contributed by atoms with Crippen molar-refractivity contribution in [1.82, 2.24) is 15.3 Å². The first-order valence-corrected chi connectivity index (χ1v) is 11.4. The molecule has 1 aliphatic carbocycles. The zero-order valence-electron chi connectivity index (χ0n) is 15.4. The van der Waals surface area contributed by atoms with E-state index >= 15 is 0 Å². The second-order valence-corrected chi connectivity index (χ2v) is 9.26. The van der Waals surface area contributed by atoms with Gasteiger partial charge in [-0.15, -0.1) is 22.7 Å². The zero-order chi connectivity index (χ0) is 19.0. The Balaban J connectivity index is 1.32. The van der Waals surface area contributed by atoms with Crippen LogP contribution in [0.25, 0.3) is 21.6 Å². The van der Waals surface area contributed by atoms with Crippen molar-refractivity contribution in [2.45, 2.75) is 31.1 Å². The van der Waals surface area contributed by atoms with Crippen LogP contribution in [0.15, 0.2) is 53.2 Å². The molecule has 3 heterocycles. The molecule has 28 heavy (non-hydrogen) atoms. The minimum atomic E-state index is -0.0820. The van der Waals surface area contributed by atoms with Gasteiger partial charge in [-0.1, -0.05) is 37.1 Å². The summed E-state index contributed by atoms with van der Waals surface area (Å²) in [6.07, 6.45) is 4.75. The minimum absolute atomic E-state index is 0.0820. The molecule has 0 unspecified atom stereocenters. The van der Waals surface area contributed by atoms with Crippen LogP contribution in [0.3, 0.4) is 0 Å². The first-order valence-electron chi connectivity index (χ1n) is 9.59. The fourth-order valence-electron chi connectivity index (χ4n) is 4.17. The van der Waals surface area contributed by atoms with E-state index in [1.807, 2.05) is 23.6 Å². The highest BCUT2D eigenvalue weighted by atomic mass is 32.1. The molecule has 1 aliphatic rings. The van der Waals surface area contributed by atoms with Gasteiger partial charge < -0.3 is 10.3 Å². The highest BCUT2D eigenvalue weighted by Crippen LogP contribution is 2.42. The molecule has 1 amide bonds. The van der Waals surface area contributed by atoms with Gasteiger partial charge >= 0.3 is 0 Å². The summed E-state index contributed by atoms with van der Waals surface area (Å²) in [5.41, 5.74) is 2.63. The van der Waals surface area contributed by atoms with Gasteiger partial charge in [-0.25, -0.2) is 4.98 Å². The van der Waals surface area contributed by atoms with Gasteiger partial charge in [0.2, 0.25) is 0 Å². The van der Waals surface area contributed by atoms with Crippen LogP contribution < -0.4 is 5.32 Å². The highest BCUT2D eigenvalue weighted by Gasteiger charge is 2.36. The molecule has 0 spiro atoms. The molecule has 0 bridgehead atoms. The Kier molecular flexibility index (Phi) is 4.53. The van der Waals surface area contributed by atoms with Gasteiger partial charge in [0.05, 0.1) is 5.69 Å². The van der Waals surface area contributed by atoms with E-state index in [0.717, 1.165) is 34.4 Å². The smallest absolute Gasteiger partial charge is 0.270 e. The summed E-state index contributed by atoms with van der Waals surface area (Å²) in [6.45, 7) is 0.686. The average molecular weight is 408 g/mol. The number of H-pyrrole nitrogens is 1. The summed E-state index contributed by atoms with van der Waals surface area (Å²) < 4.78 is 0. The Hall–Kier alpha value is -2.44. The van der Waals surface area contributed by atoms with Crippen LogP contribution in [0.1, 0.15) is 41.0 Å². The SMILES string of the molecule is O=C(NCC1(c2cccs2)CCCC1)c1csc(-c2cc3ccccc3[nH]2)n1. The predicted molar refractivity (Wildman–Crippen MR) is 116 cm³/mol. The summed E-state index contributed by atoms with van der Waals surface area (Å²) in [5, 5.41) is 9.14. The van der Waals surface area contributed by atoms with Gasteiger partial charge in [-0.2, -0.15) is 0 Å². The molecule has 5 rings (SSSR count). The van der Waals surface area contributed by atoms with Crippen molar-refractivity contribution < 1.29 is 4.79 Å². The number of rotatable bonds is 5. The number of carbonyl (C=O) groups is 1. The number of hydrogen-bond donors (Lipinski definition) is 2. The molecule has 4 nitrogen and oxygen atoms in total. The number of carbonyl (C=O) groups excluding carboxylic acids is 1. The van der Waals surface area contributed by atoms with Crippen molar-refractivity contribution in [3.8, 4) is 10.7 Å². The number of thiazole rings is 1. The Labute approximate surface area is 171 Å². The molecule has 2 N–H and O–H groups in total. The number of hydrogen-bond acceptors (Lipinski definition) is 4. The van der Waals surface area contributed by atoms with Crippen molar-refractivity contribution in [3.05, 3.63) is 63.8 Å². The monoisotopic (exact) mass is 407 g/mol. The quantitative estimate of drug-likeness (QED) is 0.453. The number of aromatic amines is 1. The lowest BCUT2D eigenvalue weighted by Gasteiger charge is -2.28. The van der Waals surface area contributed by atoms with Crippen molar-refractivity contribution in [1.29, 1.82) is 0 Å². The number of thiophene rings is 1.